The first-order valence-electron chi connectivity index (χ1n) is 5.17. The Bertz CT molecular complexity index is 575. The highest BCUT2D eigenvalue weighted by Gasteiger charge is 2.07. The molecule has 0 saturated carbocycles. The molecule has 3 N–H and O–H groups in total. The molecule has 2 aromatic rings. The third kappa shape index (κ3) is 2.78. The van der Waals surface area contributed by atoms with E-state index >= 15 is 0 Å². The zero-order valence-electron chi connectivity index (χ0n) is 9.94. The number of nitrogen functional groups attached to an aromatic ring is 1. The third-order valence-corrected chi connectivity index (χ3v) is 2.51. The van der Waals surface area contributed by atoms with Crippen LogP contribution in [-0.4, -0.2) is 22.1 Å². The van der Waals surface area contributed by atoms with Crippen LogP contribution in [0.1, 0.15) is 5.56 Å². The number of hydrogen-bond donors (Lipinski definition) is 2. The predicted octanol–water partition coefficient (Wildman–Crippen LogP) is 2.17. The van der Waals surface area contributed by atoms with Crippen molar-refractivity contribution in [2.45, 2.75) is 6.92 Å². The number of ether oxygens (including phenoxy) is 1. The molecule has 0 fully saturated rings. The van der Waals surface area contributed by atoms with Crippen LogP contribution in [0.3, 0.4) is 0 Å². The minimum absolute atomic E-state index is 0.0770. The van der Waals surface area contributed by atoms with Gasteiger partial charge in [-0.05, 0) is 24.6 Å². The van der Waals surface area contributed by atoms with E-state index in [4.69, 9.17) is 22.1 Å². The van der Waals surface area contributed by atoms with Gasteiger partial charge < -0.3 is 15.8 Å². The number of aromatic nitrogens is 3. The number of methoxy groups -OCH3 is 1. The largest absolute Gasteiger partial charge is 0.467 e. The van der Waals surface area contributed by atoms with Crippen molar-refractivity contribution in [2.75, 3.05) is 18.2 Å². The van der Waals surface area contributed by atoms with Gasteiger partial charge in [0.05, 0.1) is 17.8 Å². The van der Waals surface area contributed by atoms with E-state index in [9.17, 15) is 0 Å². The topological polar surface area (TPSA) is 86.0 Å². The van der Waals surface area contributed by atoms with Crippen molar-refractivity contribution < 1.29 is 4.74 Å². The van der Waals surface area contributed by atoms with Gasteiger partial charge >= 0.3 is 6.01 Å². The Balaban J connectivity index is 2.33. The van der Waals surface area contributed by atoms with Crippen LogP contribution < -0.4 is 15.8 Å². The summed E-state index contributed by atoms with van der Waals surface area (Å²) >= 11 is 6.06. The summed E-state index contributed by atoms with van der Waals surface area (Å²) < 4.78 is 4.91. The number of hydrogen-bond acceptors (Lipinski definition) is 6. The Morgan fingerprint density at radius 1 is 1.28 bits per heavy atom. The highest BCUT2D eigenvalue weighted by molar-refractivity contribution is 6.33. The van der Waals surface area contributed by atoms with Gasteiger partial charge in [-0.1, -0.05) is 17.7 Å². The van der Waals surface area contributed by atoms with Crippen LogP contribution in [0.15, 0.2) is 18.2 Å². The molecule has 0 radical (unpaired) electrons. The zero-order chi connectivity index (χ0) is 13.1. The SMILES string of the molecule is COc1nc(N)nc(Nc2cc(C)ccc2Cl)n1. The number of nitrogens with zero attached hydrogens (tertiary/aromatic N) is 3. The first kappa shape index (κ1) is 12.4. The molecule has 18 heavy (non-hydrogen) atoms. The summed E-state index contributed by atoms with van der Waals surface area (Å²) in [5.41, 5.74) is 7.31. The van der Waals surface area contributed by atoms with E-state index in [0.29, 0.717) is 10.7 Å². The summed E-state index contributed by atoms with van der Waals surface area (Å²) in [5, 5.41) is 3.54. The van der Waals surface area contributed by atoms with Crippen molar-refractivity contribution in [3.63, 3.8) is 0 Å². The molecule has 0 amide bonds. The van der Waals surface area contributed by atoms with Crippen LogP contribution in [0.4, 0.5) is 17.6 Å². The Morgan fingerprint density at radius 2 is 2.06 bits per heavy atom. The van der Waals surface area contributed by atoms with Crippen molar-refractivity contribution in [2.24, 2.45) is 0 Å². The van der Waals surface area contributed by atoms with Crippen LogP contribution in [0.25, 0.3) is 0 Å². The fraction of sp³-hybridized carbons (Fsp3) is 0.182. The molecule has 0 bridgehead atoms. The molecule has 0 saturated heterocycles. The van der Waals surface area contributed by atoms with E-state index in [1.807, 2.05) is 19.1 Å². The second kappa shape index (κ2) is 5.05. The van der Waals surface area contributed by atoms with E-state index in [2.05, 4.69) is 20.3 Å². The van der Waals surface area contributed by atoms with Gasteiger partial charge in [0.15, 0.2) is 0 Å². The average molecular weight is 266 g/mol. The van der Waals surface area contributed by atoms with Gasteiger partial charge in [0.2, 0.25) is 11.9 Å². The molecule has 0 aliphatic rings. The molecule has 0 unspecified atom stereocenters. The second-order valence-corrected chi connectivity index (χ2v) is 4.02. The van der Waals surface area contributed by atoms with Gasteiger partial charge in [0, 0.05) is 0 Å². The predicted molar refractivity (Wildman–Crippen MR) is 70.3 cm³/mol. The van der Waals surface area contributed by atoms with Crippen LogP contribution in [0.5, 0.6) is 6.01 Å². The second-order valence-electron chi connectivity index (χ2n) is 3.61. The molecule has 1 aromatic heterocycles. The standard InChI is InChI=1S/C11H12ClN5O/c1-6-3-4-7(12)8(5-6)14-10-15-9(13)16-11(17-10)18-2/h3-5H,1-2H3,(H3,13,14,15,16,17). The minimum atomic E-state index is 0.0770. The molecule has 6 nitrogen and oxygen atoms in total. The van der Waals surface area contributed by atoms with Gasteiger partial charge in [-0.3, -0.25) is 0 Å². The fourth-order valence-corrected chi connectivity index (χ4v) is 1.54. The summed E-state index contributed by atoms with van der Waals surface area (Å²) in [7, 11) is 1.46. The molecule has 2 rings (SSSR count). The Hall–Kier alpha value is -2.08. The van der Waals surface area contributed by atoms with E-state index in [-0.39, 0.29) is 17.9 Å². The molecule has 7 heteroatoms. The lowest BCUT2D eigenvalue weighted by Crippen LogP contribution is -2.05. The summed E-state index contributed by atoms with van der Waals surface area (Å²) in [6, 6.07) is 5.74. The third-order valence-electron chi connectivity index (χ3n) is 2.18. The van der Waals surface area contributed by atoms with Gasteiger partial charge in [-0.2, -0.15) is 15.0 Å². The number of aryl methyl sites for hydroxylation is 1. The first-order chi connectivity index (χ1) is 8.58. The molecular formula is C11H12ClN5O. The first-order valence-corrected chi connectivity index (χ1v) is 5.55. The highest BCUT2D eigenvalue weighted by atomic mass is 35.5. The van der Waals surface area contributed by atoms with Gasteiger partial charge in [0.1, 0.15) is 0 Å². The molecule has 94 valence electrons. The molecular weight excluding hydrogens is 254 g/mol. The summed E-state index contributed by atoms with van der Waals surface area (Å²) in [5.74, 6) is 0.361. The van der Waals surface area contributed by atoms with Crippen molar-refractivity contribution in [3.8, 4) is 6.01 Å². The highest BCUT2D eigenvalue weighted by Crippen LogP contribution is 2.25. The van der Waals surface area contributed by atoms with E-state index in [0.717, 1.165) is 5.56 Å². The number of benzene rings is 1. The quantitative estimate of drug-likeness (QED) is 0.885. The van der Waals surface area contributed by atoms with Crippen molar-refractivity contribution in [3.05, 3.63) is 28.8 Å². The van der Waals surface area contributed by atoms with Gasteiger partial charge in [-0.25, -0.2) is 0 Å². The molecule has 0 aliphatic heterocycles. The number of halogens is 1. The maximum Gasteiger partial charge on any atom is 0.322 e. The number of nitrogens with one attached hydrogen (secondary N) is 1. The summed E-state index contributed by atoms with van der Waals surface area (Å²) in [6.45, 7) is 1.96. The van der Waals surface area contributed by atoms with Crippen LogP contribution in [0, 0.1) is 6.92 Å². The Morgan fingerprint density at radius 3 is 2.78 bits per heavy atom. The monoisotopic (exact) mass is 265 g/mol. The lowest BCUT2D eigenvalue weighted by Gasteiger charge is -2.08. The number of nitrogens with two attached hydrogens (primary N) is 1. The molecule has 1 heterocycles. The lowest BCUT2D eigenvalue weighted by atomic mass is 10.2. The lowest BCUT2D eigenvalue weighted by molar-refractivity contribution is 0.380. The summed E-state index contributed by atoms with van der Waals surface area (Å²) in [4.78, 5) is 11.8. The van der Waals surface area contributed by atoms with Crippen molar-refractivity contribution >= 4 is 29.2 Å². The van der Waals surface area contributed by atoms with Crippen LogP contribution >= 0.6 is 11.6 Å². The van der Waals surface area contributed by atoms with Crippen molar-refractivity contribution in [1.29, 1.82) is 0 Å². The number of rotatable bonds is 3. The molecule has 1 aromatic carbocycles. The minimum Gasteiger partial charge on any atom is -0.467 e. The molecule has 0 atom stereocenters. The van der Waals surface area contributed by atoms with Gasteiger partial charge in [-0.15, -0.1) is 0 Å². The van der Waals surface area contributed by atoms with Crippen LogP contribution in [0.2, 0.25) is 5.02 Å². The zero-order valence-corrected chi connectivity index (χ0v) is 10.7. The number of anilines is 3. The molecule has 0 aliphatic carbocycles. The average Bonchev–Trinajstić information content (AvgIpc) is 2.33. The summed E-state index contributed by atoms with van der Waals surface area (Å²) in [6.07, 6.45) is 0. The Kier molecular flexibility index (Phi) is 3.47. The Labute approximate surface area is 109 Å². The van der Waals surface area contributed by atoms with Gasteiger partial charge in [0.25, 0.3) is 0 Å². The molecule has 0 spiro atoms. The maximum atomic E-state index is 6.06. The van der Waals surface area contributed by atoms with Crippen molar-refractivity contribution in [1.82, 2.24) is 15.0 Å². The van der Waals surface area contributed by atoms with Crippen LogP contribution in [-0.2, 0) is 0 Å². The fourth-order valence-electron chi connectivity index (χ4n) is 1.37. The van der Waals surface area contributed by atoms with E-state index in [1.165, 1.54) is 7.11 Å². The van der Waals surface area contributed by atoms with E-state index in [1.54, 1.807) is 6.07 Å². The normalized spacial score (nSPS) is 10.2. The van der Waals surface area contributed by atoms with E-state index < -0.39 is 0 Å². The smallest absolute Gasteiger partial charge is 0.322 e. The maximum absolute atomic E-state index is 6.06.